The van der Waals surface area contributed by atoms with Crippen LogP contribution in [0.4, 0.5) is 0 Å². The molecule has 0 bridgehead atoms. The Hall–Kier alpha value is -0.920. The van der Waals surface area contributed by atoms with Crippen molar-refractivity contribution in [2.75, 3.05) is 13.7 Å². The van der Waals surface area contributed by atoms with E-state index < -0.39 is 8.25 Å². The van der Waals surface area contributed by atoms with Gasteiger partial charge in [0.15, 0.2) is 0 Å². The molecule has 1 saturated heterocycles. The molecule has 2 rings (SSSR count). The van der Waals surface area contributed by atoms with Gasteiger partial charge < -0.3 is 4.74 Å². The zero-order valence-electron chi connectivity index (χ0n) is 10.3. The highest BCUT2D eigenvalue weighted by molar-refractivity contribution is 7.71. The van der Waals surface area contributed by atoms with E-state index in [1.165, 1.54) is 11.7 Å². The first-order chi connectivity index (χ1) is 9.10. The third-order valence-electron chi connectivity index (χ3n) is 2.76. The molecule has 7 nitrogen and oxygen atoms in total. The van der Waals surface area contributed by atoms with E-state index in [9.17, 15) is 9.36 Å². The summed E-state index contributed by atoms with van der Waals surface area (Å²) in [6, 6.07) is 1.63. The molecule has 1 aliphatic heterocycles. The second-order valence-corrected chi connectivity index (χ2v) is 5.52. The lowest BCUT2D eigenvalue weighted by Gasteiger charge is -2.14. The number of aromatic nitrogens is 2. The average molecular weight is 305 g/mol. The van der Waals surface area contributed by atoms with Gasteiger partial charge in [0.1, 0.15) is 17.5 Å². The molecule has 9 heteroatoms. The topological polar surface area (TPSA) is 82.5 Å². The summed E-state index contributed by atoms with van der Waals surface area (Å²) in [7, 11) is -0.784. The van der Waals surface area contributed by atoms with E-state index in [1.54, 1.807) is 12.3 Å². The summed E-state index contributed by atoms with van der Waals surface area (Å²) in [6.45, 7) is 0.178. The van der Waals surface area contributed by atoms with Gasteiger partial charge in [-0.3, -0.25) is 9.55 Å². The fourth-order valence-electron chi connectivity index (χ4n) is 1.86. The number of aromatic amines is 1. The van der Waals surface area contributed by atoms with E-state index >= 15 is 0 Å². The molecule has 19 heavy (non-hydrogen) atoms. The van der Waals surface area contributed by atoms with Gasteiger partial charge in [0.05, 0.1) is 13.2 Å². The highest BCUT2D eigenvalue weighted by Gasteiger charge is 2.30. The summed E-state index contributed by atoms with van der Waals surface area (Å²) < 4.78 is 28.0. The van der Waals surface area contributed by atoms with E-state index in [0.29, 0.717) is 11.1 Å². The van der Waals surface area contributed by atoms with Gasteiger partial charge in [-0.2, -0.15) is 0 Å². The first-order valence-electron chi connectivity index (χ1n) is 5.71. The van der Waals surface area contributed by atoms with Crippen molar-refractivity contribution in [1.29, 1.82) is 0 Å². The molecule has 0 aliphatic carbocycles. The van der Waals surface area contributed by atoms with Crippen LogP contribution in [0, 0.1) is 4.64 Å². The number of hydrogen-bond donors (Lipinski definition) is 1. The van der Waals surface area contributed by atoms with Gasteiger partial charge in [-0.15, -0.1) is 9.05 Å². The van der Waals surface area contributed by atoms with Gasteiger partial charge in [-0.1, -0.05) is 12.2 Å². The number of nitrogens with one attached hydrogen (secondary N) is 1. The Labute approximate surface area is 115 Å². The predicted octanol–water partition coefficient (Wildman–Crippen LogP) is 1.90. The molecular formula is C10H14N2O5PS+. The van der Waals surface area contributed by atoms with Gasteiger partial charge in [0.2, 0.25) is 0 Å². The Balaban J connectivity index is 1.96. The summed E-state index contributed by atoms with van der Waals surface area (Å²) in [4.78, 5) is 14.2. The molecule has 0 aromatic carbocycles. The Bertz CT molecular complexity index is 572. The molecule has 1 aromatic heterocycles. The van der Waals surface area contributed by atoms with E-state index in [-0.39, 0.29) is 24.6 Å². The second kappa shape index (κ2) is 6.49. The third kappa shape index (κ3) is 3.77. The van der Waals surface area contributed by atoms with Crippen LogP contribution in [0.5, 0.6) is 0 Å². The molecule has 0 radical (unpaired) electrons. The molecule has 1 fully saturated rings. The maximum Gasteiger partial charge on any atom is 0.697 e. The van der Waals surface area contributed by atoms with Crippen molar-refractivity contribution in [3.8, 4) is 0 Å². The van der Waals surface area contributed by atoms with Gasteiger partial charge in [-0.05, 0) is 18.9 Å². The van der Waals surface area contributed by atoms with Crippen LogP contribution in [0.25, 0.3) is 0 Å². The third-order valence-corrected chi connectivity index (χ3v) is 3.66. The molecule has 3 unspecified atom stereocenters. The van der Waals surface area contributed by atoms with Gasteiger partial charge >= 0.3 is 13.9 Å². The van der Waals surface area contributed by atoms with Crippen LogP contribution in [0.1, 0.15) is 19.1 Å². The van der Waals surface area contributed by atoms with Crippen molar-refractivity contribution in [2.24, 2.45) is 0 Å². The monoisotopic (exact) mass is 305 g/mol. The fraction of sp³-hybridized carbons (Fsp3) is 0.600. The van der Waals surface area contributed by atoms with Crippen LogP contribution in [-0.4, -0.2) is 29.4 Å². The molecule has 1 N–H and O–H groups in total. The van der Waals surface area contributed by atoms with Crippen LogP contribution < -0.4 is 5.69 Å². The van der Waals surface area contributed by atoms with Gasteiger partial charge in [0, 0.05) is 10.8 Å². The van der Waals surface area contributed by atoms with Crippen molar-refractivity contribution in [3.05, 3.63) is 27.4 Å². The van der Waals surface area contributed by atoms with E-state index in [0.717, 1.165) is 6.42 Å². The fourth-order valence-corrected chi connectivity index (χ4v) is 2.41. The Kier molecular flexibility index (Phi) is 4.95. The predicted molar refractivity (Wildman–Crippen MR) is 69.6 cm³/mol. The van der Waals surface area contributed by atoms with E-state index in [2.05, 4.69) is 9.51 Å². The summed E-state index contributed by atoms with van der Waals surface area (Å²) in [5.41, 5.74) is -0.304. The zero-order chi connectivity index (χ0) is 13.8. The minimum absolute atomic E-state index is 0.178. The number of H-pyrrole nitrogens is 1. The van der Waals surface area contributed by atoms with Crippen LogP contribution in [0.15, 0.2) is 17.1 Å². The minimum Gasteiger partial charge on any atom is -0.352 e. The quantitative estimate of drug-likeness (QED) is 0.661. The highest BCUT2D eigenvalue weighted by Crippen LogP contribution is 2.30. The largest absolute Gasteiger partial charge is 0.697 e. The molecule has 1 aromatic rings. The van der Waals surface area contributed by atoms with Gasteiger partial charge in [-0.25, -0.2) is 4.79 Å². The van der Waals surface area contributed by atoms with E-state index in [4.69, 9.17) is 21.5 Å². The molecule has 0 saturated carbocycles. The smallest absolute Gasteiger partial charge is 0.352 e. The second-order valence-electron chi connectivity index (χ2n) is 4.01. The molecule has 0 amide bonds. The van der Waals surface area contributed by atoms with Crippen LogP contribution in [-0.2, 0) is 18.3 Å². The number of nitrogens with zero attached hydrogens (tertiary/aromatic N) is 1. The number of rotatable bonds is 5. The Morgan fingerprint density at radius 2 is 2.42 bits per heavy atom. The van der Waals surface area contributed by atoms with Crippen molar-refractivity contribution < 1.29 is 18.3 Å². The maximum absolute atomic E-state index is 11.7. The van der Waals surface area contributed by atoms with E-state index in [1.807, 2.05) is 0 Å². The first kappa shape index (κ1) is 14.5. The van der Waals surface area contributed by atoms with Crippen molar-refractivity contribution in [1.82, 2.24) is 9.55 Å². The first-order valence-corrected chi connectivity index (χ1v) is 7.21. The molecule has 3 atom stereocenters. The Morgan fingerprint density at radius 1 is 1.63 bits per heavy atom. The molecule has 2 heterocycles. The number of ether oxygens (including phenoxy) is 1. The summed E-state index contributed by atoms with van der Waals surface area (Å²) in [6.07, 6.45) is 2.45. The normalized spacial score (nSPS) is 23.5. The lowest BCUT2D eigenvalue weighted by Crippen LogP contribution is -2.27. The van der Waals surface area contributed by atoms with Crippen molar-refractivity contribution in [3.63, 3.8) is 0 Å². The SMILES string of the molecule is CO[P+](=O)OCC1CCC(n2ccc(=S)[nH]c2=O)O1. The summed E-state index contributed by atoms with van der Waals surface area (Å²) in [5.74, 6) is 0. The highest BCUT2D eigenvalue weighted by atomic mass is 32.1. The standard InChI is InChI=1S/C10H13N2O5PS/c1-15-18(14)16-6-7-2-3-9(17-7)12-5-4-8(19)11-10(12)13/h4-5,7,9H,2-3,6H2,1H3/p+1. The lowest BCUT2D eigenvalue weighted by atomic mass is 10.2. The summed E-state index contributed by atoms with van der Waals surface area (Å²) >= 11 is 4.86. The van der Waals surface area contributed by atoms with Crippen molar-refractivity contribution in [2.45, 2.75) is 25.2 Å². The molecule has 0 spiro atoms. The molecule has 104 valence electrons. The van der Waals surface area contributed by atoms with Crippen molar-refractivity contribution >= 4 is 20.5 Å². The van der Waals surface area contributed by atoms with Crippen LogP contribution in [0.2, 0.25) is 0 Å². The average Bonchev–Trinajstić information content (AvgIpc) is 2.84. The molecular weight excluding hydrogens is 291 g/mol. The summed E-state index contributed by atoms with van der Waals surface area (Å²) in [5, 5.41) is 0. The van der Waals surface area contributed by atoms with Gasteiger partial charge in [0.25, 0.3) is 0 Å². The van der Waals surface area contributed by atoms with Crippen LogP contribution in [0.3, 0.4) is 0 Å². The molecule has 1 aliphatic rings. The zero-order valence-corrected chi connectivity index (χ0v) is 12.0. The number of hydrogen-bond acceptors (Lipinski definition) is 6. The maximum atomic E-state index is 11.7. The minimum atomic E-state index is -2.09. The Morgan fingerprint density at radius 3 is 3.11 bits per heavy atom. The van der Waals surface area contributed by atoms with Crippen LogP contribution >= 0.6 is 20.5 Å². The lowest BCUT2D eigenvalue weighted by molar-refractivity contribution is -0.0206.